The number of fused-ring (bicyclic) bond motifs is 1. The van der Waals surface area contributed by atoms with E-state index in [0.29, 0.717) is 21.3 Å². The number of benzene rings is 2. The molecule has 9 heteroatoms. The minimum Gasteiger partial charge on any atom is -0.411 e. The Kier molecular flexibility index (Phi) is 5.11. The highest BCUT2D eigenvalue weighted by Crippen LogP contribution is 2.27. The summed E-state index contributed by atoms with van der Waals surface area (Å²) in [6, 6.07) is 13.1. The van der Waals surface area contributed by atoms with Crippen LogP contribution in [0.15, 0.2) is 52.1 Å². The SMILES string of the molecule is Cc1ccc2nc(NC(=O)CSc3nnc(-c4ccc(Cl)cc4)o3)sc2c1. The molecule has 0 unspecified atom stereocenters. The van der Waals surface area contributed by atoms with Gasteiger partial charge in [-0.05, 0) is 48.9 Å². The number of rotatable bonds is 5. The van der Waals surface area contributed by atoms with Gasteiger partial charge in [0.1, 0.15) is 0 Å². The molecule has 4 aromatic rings. The molecule has 27 heavy (non-hydrogen) atoms. The number of carbonyl (C=O) groups excluding carboxylic acids is 1. The first-order chi connectivity index (χ1) is 13.1. The van der Waals surface area contributed by atoms with Crippen LogP contribution >= 0.6 is 34.7 Å². The fourth-order valence-corrected chi connectivity index (χ4v) is 4.01. The Hall–Kier alpha value is -2.42. The van der Waals surface area contributed by atoms with Crippen molar-refractivity contribution in [2.45, 2.75) is 12.1 Å². The highest BCUT2D eigenvalue weighted by atomic mass is 35.5. The van der Waals surface area contributed by atoms with Crippen molar-refractivity contribution >= 4 is 56.0 Å². The molecule has 2 aromatic carbocycles. The average Bonchev–Trinajstić information content (AvgIpc) is 3.26. The summed E-state index contributed by atoms with van der Waals surface area (Å²) >= 11 is 8.49. The van der Waals surface area contributed by atoms with Gasteiger partial charge in [0.15, 0.2) is 5.13 Å². The molecule has 0 aliphatic carbocycles. The topological polar surface area (TPSA) is 80.9 Å². The van der Waals surface area contributed by atoms with E-state index >= 15 is 0 Å². The Balaban J connectivity index is 1.36. The molecule has 1 amide bonds. The summed E-state index contributed by atoms with van der Waals surface area (Å²) in [5.41, 5.74) is 2.80. The van der Waals surface area contributed by atoms with Gasteiger partial charge in [0.25, 0.3) is 5.22 Å². The monoisotopic (exact) mass is 416 g/mol. The van der Waals surface area contributed by atoms with Gasteiger partial charge in [0.2, 0.25) is 11.8 Å². The van der Waals surface area contributed by atoms with E-state index in [1.54, 1.807) is 24.3 Å². The Morgan fingerprint density at radius 2 is 2.04 bits per heavy atom. The Morgan fingerprint density at radius 3 is 2.85 bits per heavy atom. The maximum Gasteiger partial charge on any atom is 0.277 e. The number of nitrogens with one attached hydrogen (secondary N) is 1. The number of anilines is 1. The normalized spacial score (nSPS) is 11.0. The largest absolute Gasteiger partial charge is 0.411 e. The Labute approximate surface area is 168 Å². The first-order valence-electron chi connectivity index (χ1n) is 7.96. The molecule has 0 aliphatic heterocycles. The van der Waals surface area contributed by atoms with E-state index in [0.717, 1.165) is 21.3 Å². The van der Waals surface area contributed by atoms with Gasteiger partial charge in [-0.1, -0.05) is 40.8 Å². The zero-order chi connectivity index (χ0) is 18.8. The van der Waals surface area contributed by atoms with E-state index in [1.165, 1.54) is 23.1 Å². The van der Waals surface area contributed by atoms with Crippen molar-refractivity contribution in [2.75, 3.05) is 11.1 Å². The first-order valence-corrected chi connectivity index (χ1v) is 10.1. The van der Waals surface area contributed by atoms with Crippen LogP contribution in [-0.2, 0) is 4.79 Å². The molecule has 1 N–H and O–H groups in total. The van der Waals surface area contributed by atoms with Gasteiger partial charge in [-0.25, -0.2) is 4.98 Å². The summed E-state index contributed by atoms with van der Waals surface area (Å²) in [5.74, 6) is 0.357. The fourth-order valence-electron chi connectivity index (χ4n) is 2.35. The molecule has 0 atom stereocenters. The van der Waals surface area contributed by atoms with Crippen LogP contribution in [0.4, 0.5) is 5.13 Å². The summed E-state index contributed by atoms with van der Waals surface area (Å²) in [6.45, 7) is 2.02. The Bertz CT molecular complexity index is 1110. The second-order valence-corrected chi connectivity index (χ2v) is 8.10. The van der Waals surface area contributed by atoms with Crippen LogP contribution in [0.5, 0.6) is 0 Å². The molecule has 0 saturated heterocycles. The molecule has 0 radical (unpaired) electrons. The molecule has 0 aliphatic rings. The lowest BCUT2D eigenvalue weighted by molar-refractivity contribution is -0.113. The van der Waals surface area contributed by atoms with E-state index in [9.17, 15) is 4.79 Å². The minimum absolute atomic E-state index is 0.150. The number of thiazole rings is 1. The highest BCUT2D eigenvalue weighted by Gasteiger charge is 2.13. The number of nitrogens with zero attached hydrogens (tertiary/aromatic N) is 3. The van der Waals surface area contributed by atoms with Gasteiger partial charge < -0.3 is 9.73 Å². The molecule has 0 spiro atoms. The smallest absolute Gasteiger partial charge is 0.277 e. The van der Waals surface area contributed by atoms with Crippen LogP contribution in [0.1, 0.15) is 5.56 Å². The summed E-state index contributed by atoms with van der Waals surface area (Å²) in [6.07, 6.45) is 0. The Morgan fingerprint density at radius 1 is 1.22 bits per heavy atom. The number of thioether (sulfide) groups is 1. The predicted octanol–water partition coefficient (Wildman–Crippen LogP) is 5.04. The van der Waals surface area contributed by atoms with Crippen molar-refractivity contribution in [1.29, 1.82) is 0 Å². The fraction of sp³-hybridized carbons (Fsp3) is 0.111. The predicted molar refractivity (Wildman–Crippen MR) is 108 cm³/mol. The lowest BCUT2D eigenvalue weighted by Crippen LogP contribution is -2.13. The number of halogens is 1. The number of hydrogen-bond donors (Lipinski definition) is 1. The molecule has 2 aromatic heterocycles. The van der Waals surface area contributed by atoms with Crippen molar-refractivity contribution < 1.29 is 9.21 Å². The third-order valence-corrected chi connectivity index (χ3v) is 5.62. The van der Waals surface area contributed by atoms with Gasteiger partial charge in [0, 0.05) is 10.6 Å². The van der Waals surface area contributed by atoms with Gasteiger partial charge in [-0.3, -0.25) is 4.79 Å². The van der Waals surface area contributed by atoms with E-state index in [2.05, 4.69) is 20.5 Å². The lowest BCUT2D eigenvalue weighted by atomic mass is 10.2. The van der Waals surface area contributed by atoms with Gasteiger partial charge in [-0.2, -0.15) is 0 Å². The third-order valence-electron chi connectivity index (χ3n) is 3.61. The maximum atomic E-state index is 12.2. The van der Waals surface area contributed by atoms with Crippen molar-refractivity contribution in [3.05, 3.63) is 53.1 Å². The number of hydrogen-bond acceptors (Lipinski definition) is 7. The minimum atomic E-state index is -0.179. The van der Waals surface area contributed by atoms with E-state index in [4.69, 9.17) is 16.0 Å². The number of aromatic nitrogens is 3. The molecule has 0 bridgehead atoms. The van der Waals surface area contributed by atoms with Gasteiger partial charge >= 0.3 is 0 Å². The van der Waals surface area contributed by atoms with Crippen LogP contribution in [0, 0.1) is 6.92 Å². The second-order valence-electron chi connectivity index (χ2n) is 5.71. The third kappa shape index (κ3) is 4.29. The quantitative estimate of drug-likeness (QED) is 0.459. The summed E-state index contributed by atoms with van der Waals surface area (Å²) in [7, 11) is 0. The maximum absolute atomic E-state index is 12.2. The highest BCUT2D eigenvalue weighted by molar-refractivity contribution is 7.99. The average molecular weight is 417 g/mol. The molecular formula is C18H13ClN4O2S2. The summed E-state index contributed by atoms with van der Waals surface area (Å²) in [5, 5.41) is 12.3. The molecule has 6 nitrogen and oxygen atoms in total. The van der Waals surface area contributed by atoms with Crippen LogP contribution in [0.3, 0.4) is 0 Å². The van der Waals surface area contributed by atoms with Crippen LogP contribution in [0.2, 0.25) is 5.02 Å². The number of amides is 1. The zero-order valence-corrected chi connectivity index (χ0v) is 16.5. The summed E-state index contributed by atoms with van der Waals surface area (Å²) in [4.78, 5) is 16.6. The van der Waals surface area contributed by atoms with Crippen LogP contribution < -0.4 is 5.32 Å². The number of carbonyl (C=O) groups is 1. The standard InChI is InChI=1S/C18H13ClN4O2S2/c1-10-2-7-13-14(8-10)27-17(20-13)21-15(24)9-26-18-23-22-16(25-18)11-3-5-12(19)6-4-11/h2-8H,9H2,1H3,(H,20,21,24). The molecule has 2 heterocycles. The van der Waals surface area contributed by atoms with Crippen LogP contribution in [0.25, 0.3) is 21.7 Å². The van der Waals surface area contributed by atoms with Crippen molar-refractivity contribution in [1.82, 2.24) is 15.2 Å². The summed E-state index contributed by atoms with van der Waals surface area (Å²) < 4.78 is 6.62. The van der Waals surface area contributed by atoms with Gasteiger partial charge in [-0.15, -0.1) is 10.2 Å². The molecular weight excluding hydrogens is 404 g/mol. The van der Waals surface area contributed by atoms with Crippen molar-refractivity contribution in [3.63, 3.8) is 0 Å². The number of aryl methyl sites for hydroxylation is 1. The molecule has 0 fully saturated rings. The van der Waals surface area contributed by atoms with Gasteiger partial charge in [0.05, 0.1) is 16.0 Å². The molecule has 136 valence electrons. The first kappa shape index (κ1) is 18.0. The van der Waals surface area contributed by atoms with Crippen LogP contribution in [-0.4, -0.2) is 26.8 Å². The molecule has 4 rings (SSSR count). The van der Waals surface area contributed by atoms with E-state index in [1.807, 2.05) is 25.1 Å². The van der Waals surface area contributed by atoms with E-state index < -0.39 is 0 Å². The van der Waals surface area contributed by atoms with Crippen molar-refractivity contribution in [3.8, 4) is 11.5 Å². The van der Waals surface area contributed by atoms with Crippen molar-refractivity contribution in [2.24, 2.45) is 0 Å². The van der Waals surface area contributed by atoms with E-state index in [-0.39, 0.29) is 11.7 Å². The molecule has 0 saturated carbocycles. The zero-order valence-electron chi connectivity index (χ0n) is 14.1. The second kappa shape index (κ2) is 7.67. The lowest BCUT2D eigenvalue weighted by Gasteiger charge is -1.98.